The van der Waals surface area contributed by atoms with Crippen molar-refractivity contribution in [3.63, 3.8) is 0 Å². The van der Waals surface area contributed by atoms with Crippen molar-refractivity contribution in [3.05, 3.63) is 88.5 Å². The molecule has 3 aliphatic heterocycles. The number of halogens is 2. The highest BCUT2D eigenvalue weighted by molar-refractivity contribution is 6.05. The minimum atomic E-state index is -1.13. The van der Waals surface area contributed by atoms with E-state index in [0.29, 0.717) is 37.5 Å². The van der Waals surface area contributed by atoms with E-state index < -0.39 is 23.6 Å². The minimum Gasteiger partial charge on any atom is -0.490 e. The third-order valence-corrected chi connectivity index (χ3v) is 7.87. The molecule has 0 unspecified atom stereocenters. The van der Waals surface area contributed by atoms with Crippen LogP contribution in [-0.4, -0.2) is 54.5 Å². The molecule has 11 heteroatoms. The van der Waals surface area contributed by atoms with Gasteiger partial charge in [0.15, 0.2) is 11.6 Å². The molecule has 42 heavy (non-hydrogen) atoms. The van der Waals surface area contributed by atoms with Gasteiger partial charge in [-0.1, -0.05) is 6.07 Å². The number of nitrogens with zero attached hydrogens (tertiary/aromatic N) is 1. The molecule has 6 rings (SSSR count). The number of ether oxygens (including phenoxy) is 3. The van der Waals surface area contributed by atoms with Crippen molar-refractivity contribution in [2.45, 2.75) is 50.7 Å². The van der Waals surface area contributed by atoms with Gasteiger partial charge in [0.25, 0.3) is 11.8 Å². The van der Waals surface area contributed by atoms with Gasteiger partial charge in [0.2, 0.25) is 5.91 Å². The van der Waals surface area contributed by atoms with Crippen molar-refractivity contribution < 1.29 is 37.4 Å². The Morgan fingerprint density at radius 3 is 2.55 bits per heavy atom. The first-order valence-corrected chi connectivity index (χ1v) is 13.7. The summed E-state index contributed by atoms with van der Waals surface area (Å²) in [5, 5.41) is 5.55. The molecular formula is C31H29F2N3O6. The van der Waals surface area contributed by atoms with Crippen LogP contribution in [0.2, 0.25) is 0 Å². The molecule has 0 aliphatic carbocycles. The molecule has 3 aliphatic rings. The molecule has 218 valence electrons. The summed E-state index contributed by atoms with van der Waals surface area (Å²) in [4.78, 5) is 40.5. The number of carbonyl (C=O) groups is 3. The van der Waals surface area contributed by atoms with Crippen molar-refractivity contribution >= 4 is 29.1 Å². The second kappa shape index (κ2) is 11.5. The van der Waals surface area contributed by atoms with E-state index in [4.69, 9.17) is 14.2 Å². The quantitative estimate of drug-likeness (QED) is 0.457. The van der Waals surface area contributed by atoms with E-state index in [1.54, 1.807) is 24.1 Å². The Bertz CT molecular complexity index is 1560. The Labute approximate surface area is 240 Å². The molecule has 3 amide bonds. The summed E-state index contributed by atoms with van der Waals surface area (Å²) in [6.45, 7) is 1.29. The van der Waals surface area contributed by atoms with Crippen molar-refractivity contribution in [1.29, 1.82) is 0 Å². The topological polar surface area (TPSA) is 106 Å². The maximum absolute atomic E-state index is 13.6. The van der Waals surface area contributed by atoms with E-state index in [1.165, 1.54) is 12.1 Å². The molecule has 1 fully saturated rings. The SMILES string of the molecule is CN1C(=O)c2cc(NC(=O)c3ccc(F)c(F)c3)ccc2OC[C@H]2O[C@@H](CC(=O)Nc3ccc4c(c3)COC4)CC[C@@H]21. The van der Waals surface area contributed by atoms with Crippen molar-refractivity contribution in [1.82, 2.24) is 4.90 Å². The van der Waals surface area contributed by atoms with Gasteiger partial charge in [-0.05, 0) is 72.5 Å². The van der Waals surface area contributed by atoms with Crippen LogP contribution in [0.15, 0.2) is 54.6 Å². The Kier molecular flexibility index (Phi) is 7.61. The molecule has 3 aromatic carbocycles. The summed E-state index contributed by atoms with van der Waals surface area (Å²) in [5.74, 6) is -2.99. The largest absolute Gasteiger partial charge is 0.490 e. The lowest BCUT2D eigenvalue weighted by atomic mass is 9.94. The van der Waals surface area contributed by atoms with Gasteiger partial charge in [-0.2, -0.15) is 0 Å². The second-order valence-corrected chi connectivity index (χ2v) is 10.7. The number of fused-ring (bicyclic) bond motifs is 3. The van der Waals surface area contributed by atoms with E-state index in [9.17, 15) is 23.2 Å². The van der Waals surface area contributed by atoms with Crippen LogP contribution in [0, 0.1) is 11.6 Å². The van der Waals surface area contributed by atoms with Crippen molar-refractivity contribution in [3.8, 4) is 5.75 Å². The summed E-state index contributed by atoms with van der Waals surface area (Å²) in [6, 6.07) is 13.0. The van der Waals surface area contributed by atoms with Crippen LogP contribution < -0.4 is 15.4 Å². The molecular weight excluding hydrogens is 548 g/mol. The van der Waals surface area contributed by atoms with Gasteiger partial charge in [0.05, 0.1) is 37.3 Å². The van der Waals surface area contributed by atoms with Crippen molar-refractivity contribution in [2.24, 2.45) is 0 Å². The fraction of sp³-hybridized carbons (Fsp3) is 0.323. The van der Waals surface area contributed by atoms with Gasteiger partial charge in [0, 0.05) is 24.0 Å². The molecule has 3 aromatic rings. The zero-order valence-corrected chi connectivity index (χ0v) is 22.8. The fourth-order valence-electron chi connectivity index (χ4n) is 5.61. The zero-order valence-electron chi connectivity index (χ0n) is 22.8. The second-order valence-electron chi connectivity index (χ2n) is 10.7. The van der Waals surface area contributed by atoms with Gasteiger partial charge >= 0.3 is 0 Å². The van der Waals surface area contributed by atoms with Crippen LogP contribution in [0.4, 0.5) is 20.2 Å². The number of nitrogens with one attached hydrogen (secondary N) is 2. The molecule has 3 heterocycles. The predicted octanol–water partition coefficient (Wildman–Crippen LogP) is 4.66. The van der Waals surface area contributed by atoms with Crippen LogP contribution >= 0.6 is 0 Å². The normalized spacial score (nSPS) is 21.3. The average Bonchev–Trinajstić information content (AvgIpc) is 3.44. The first-order valence-electron chi connectivity index (χ1n) is 13.7. The fourth-order valence-corrected chi connectivity index (χ4v) is 5.61. The smallest absolute Gasteiger partial charge is 0.257 e. The van der Waals surface area contributed by atoms with E-state index in [2.05, 4.69) is 10.6 Å². The summed E-state index contributed by atoms with van der Waals surface area (Å²) in [7, 11) is 1.69. The van der Waals surface area contributed by atoms with Gasteiger partial charge in [-0.3, -0.25) is 14.4 Å². The summed E-state index contributed by atoms with van der Waals surface area (Å²) < 4.78 is 44.5. The van der Waals surface area contributed by atoms with Gasteiger partial charge < -0.3 is 29.7 Å². The lowest BCUT2D eigenvalue weighted by molar-refractivity contribution is -0.130. The van der Waals surface area contributed by atoms with Crippen LogP contribution in [0.25, 0.3) is 0 Å². The number of amides is 3. The molecule has 1 saturated heterocycles. The van der Waals surface area contributed by atoms with Crippen LogP contribution in [-0.2, 0) is 27.5 Å². The lowest BCUT2D eigenvalue weighted by Crippen LogP contribution is -2.53. The number of carbonyl (C=O) groups excluding carboxylic acids is 3. The Morgan fingerprint density at radius 1 is 0.929 bits per heavy atom. The van der Waals surface area contributed by atoms with Gasteiger partial charge in [-0.25, -0.2) is 8.78 Å². The van der Waals surface area contributed by atoms with E-state index in [-0.39, 0.29) is 48.1 Å². The maximum atomic E-state index is 13.6. The third-order valence-electron chi connectivity index (χ3n) is 7.87. The van der Waals surface area contributed by atoms with E-state index >= 15 is 0 Å². The Morgan fingerprint density at radius 2 is 1.71 bits per heavy atom. The predicted molar refractivity (Wildman–Crippen MR) is 148 cm³/mol. The maximum Gasteiger partial charge on any atom is 0.257 e. The number of anilines is 2. The molecule has 0 saturated carbocycles. The average molecular weight is 578 g/mol. The summed E-state index contributed by atoms with van der Waals surface area (Å²) >= 11 is 0. The molecule has 0 spiro atoms. The highest BCUT2D eigenvalue weighted by Crippen LogP contribution is 2.33. The van der Waals surface area contributed by atoms with Crippen LogP contribution in [0.3, 0.4) is 0 Å². The minimum absolute atomic E-state index is 0.0624. The number of hydrogen-bond acceptors (Lipinski definition) is 6. The standard InChI is InChI=1S/C31H29F2N3O6/c1-36-26-8-6-22(13-29(37)34-20-4-2-18-14-40-15-19(18)10-20)42-28(26)16-41-27-9-5-21(12-23(27)31(36)39)35-30(38)17-3-7-24(32)25(33)11-17/h2-5,7,9-12,22,26,28H,6,8,13-16H2,1H3,(H,34,37)(H,35,38)/t22-,26+,28-/m1/s1. The molecule has 0 bridgehead atoms. The third kappa shape index (κ3) is 5.70. The Hall–Kier alpha value is -4.35. The highest BCUT2D eigenvalue weighted by atomic mass is 19.2. The number of benzene rings is 3. The molecule has 0 radical (unpaired) electrons. The lowest BCUT2D eigenvalue weighted by Gasteiger charge is -2.42. The van der Waals surface area contributed by atoms with Crippen molar-refractivity contribution in [2.75, 3.05) is 24.3 Å². The molecule has 9 nitrogen and oxygen atoms in total. The first-order chi connectivity index (χ1) is 20.2. The summed E-state index contributed by atoms with van der Waals surface area (Å²) in [6.07, 6.45) is 0.604. The van der Waals surface area contributed by atoms with E-state index in [1.807, 2.05) is 18.2 Å². The Balaban J connectivity index is 1.10. The molecule has 2 N–H and O–H groups in total. The summed E-state index contributed by atoms with van der Waals surface area (Å²) in [5.41, 5.74) is 3.40. The molecule has 0 aromatic heterocycles. The number of hydrogen-bond donors (Lipinski definition) is 2. The first kappa shape index (κ1) is 27.8. The number of rotatable bonds is 5. The highest BCUT2D eigenvalue weighted by Gasteiger charge is 2.39. The zero-order chi connectivity index (χ0) is 29.4. The number of likely N-dealkylation sites (N-methyl/N-ethyl adjacent to an activating group) is 1. The van der Waals surface area contributed by atoms with Crippen LogP contribution in [0.1, 0.15) is 51.1 Å². The van der Waals surface area contributed by atoms with Gasteiger partial charge in [0.1, 0.15) is 18.5 Å². The van der Waals surface area contributed by atoms with Gasteiger partial charge in [-0.15, -0.1) is 0 Å². The van der Waals surface area contributed by atoms with E-state index in [0.717, 1.165) is 28.9 Å². The monoisotopic (exact) mass is 577 g/mol. The molecule has 3 atom stereocenters. The van der Waals surface area contributed by atoms with Crippen LogP contribution in [0.5, 0.6) is 5.75 Å².